The third-order valence-electron chi connectivity index (χ3n) is 2.57. The van der Waals surface area contributed by atoms with Gasteiger partial charge in [0.05, 0.1) is 6.54 Å². The average molecular weight is 284 g/mol. The monoisotopic (exact) mass is 284 g/mol. The molecule has 3 N–H and O–H groups in total. The molecule has 0 amide bonds. The summed E-state index contributed by atoms with van der Waals surface area (Å²) in [6.45, 7) is 0.0269. The highest BCUT2D eigenvalue weighted by molar-refractivity contribution is 7.89. The number of imidazole rings is 1. The van der Waals surface area contributed by atoms with Crippen molar-refractivity contribution in [1.82, 2.24) is 14.3 Å². The van der Waals surface area contributed by atoms with Gasteiger partial charge in [0.1, 0.15) is 16.5 Å². The number of halogens is 1. The van der Waals surface area contributed by atoms with E-state index in [-0.39, 0.29) is 12.2 Å². The number of rotatable bonds is 4. The van der Waals surface area contributed by atoms with Crippen LogP contribution in [0.3, 0.4) is 0 Å². The van der Waals surface area contributed by atoms with Gasteiger partial charge in [0.15, 0.2) is 0 Å². The number of nitrogens with one attached hydrogen (secondary N) is 1. The molecule has 0 saturated carbocycles. The van der Waals surface area contributed by atoms with Gasteiger partial charge in [-0.1, -0.05) is 0 Å². The third-order valence-corrected chi connectivity index (χ3v) is 4.41. The van der Waals surface area contributed by atoms with E-state index in [1.54, 1.807) is 6.20 Å². The lowest BCUT2D eigenvalue weighted by Gasteiger charge is -2.16. The van der Waals surface area contributed by atoms with Crippen molar-refractivity contribution in [3.63, 3.8) is 0 Å². The highest BCUT2D eigenvalue weighted by Crippen LogP contribution is 2.21. The van der Waals surface area contributed by atoms with Crippen molar-refractivity contribution in [2.24, 2.45) is 0 Å². The molecule has 19 heavy (non-hydrogen) atoms. The van der Waals surface area contributed by atoms with Crippen molar-refractivity contribution in [1.29, 1.82) is 0 Å². The van der Waals surface area contributed by atoms with Crippen molar-refractivity contribution in [2.45, 2.75) is 11.4 Å². The molecule has 0 aliphatic heterocycles. The molecule has 0 atom stereocenters. The molecule has 1 aromatic carbocycles. The van der Waals surface area contributed by atoms with E-state index in [1.807, 2.05) is 0 Å². The minimum Gasteiger partial charge on any atom is -0.399 e. The molecule has 1 heterocycles. The van der Waals surface area contributed by atoms with Crippen LogP contribution in [0.5, 0.6) is 0 Å². The summed E-state index contributed by atoms with van der Waals surface area (Å²) in [4.78, 5) is 6.30. The lowest BCUT2D eigenvalue weighted by atomic mass is 10.3. The molecule has 2 aromatic rings. The van der Waals surface area contributed by atoms with Crippen LogP contribution in [0.15, 0.2) is 35.5 Å². The molecule has 0 bridgehead atoms. The summed E-state index contributed by atoms with van der Waals surface area (Å²) in [5, 5.41) is 0. The molecule has 1 aromatic heterocycles. The van der Waals surface area contributed by atoms with E-state index < -0.39 is 20.7 Å². The lowest BCUT2D eigenvalue weighted by molar-refractivity contribution is 0.452. The second-order valence-corrected chi connectivity index (χ2v) is 6.00. The summed E-state index contributed by atoms with van der Waals surface area (Å²) in [5.41, 5.74) is 5.56. The first-order chi connectivity index (χ1) is 8.91. The van der Waals surface area contributed by atoms with Crippen molar-refractivity contribution in [2.75, 3.05) is 12.8 Å². The van der Waals surface area contributed by atoms with Gasteiger partial charge in [-0.2, -0.15) is 4.31 Å². The van der Waals surface area contributed by atoms with Crippen LogP contribution in [0.25, 0.3) is 0 Å². The van der Waals surface area contributed by atoms with Crippen molar-refractivity contribution < 1.29 is 12.8 Å². The second-order valence-electron chi connectivity index (χ2n) is 3.99. The summed E-state index contributed by atoms with van der Waals surface area (Å²) in [6.07, 6.45) is 3.10. The fourth-order valence-electron chi connectivity index (χ4n) is 1.57. The number of hydrogen-bond donors (Lipinski definition) is 2. The summed E-state index contributed by atoms with van der Waals surface area (Å²) in [5.74, 6) is -0.395. The van der Waals surface area contributed by atoms with Crippen LogP contribution in [0.2, 0.25) is 0 Å². The van der Waals surface area contributed by atoms with Gasteiger partial charge in [0, 0.05) is 25.1 Å². The topological polar surface area (TPSA) is 92.1 Å². The lowest BCUT2D eigenvalue weighted by Crippen LogP contribution is -2.27. The van der Waals surface area contributed by atoms with Crippen molar-refractivity contribution >= 4 is 15.7 Å². The SMILES string of the molecule is CN(Cc1ncc[nH]1)S(=O)(=O)c1ccc(N)cc1F. The molecule has 2 rings (SSSR count). The van der Waals surface area contributed by atoms with Gasteiger partial charge in [-0.25, -0.2) is 17.8 Å². The molecule has 0 unspecified atom stereocenters. The Morgan fingerprint density at radius 2 is 2.21 bits per heavy atom. The molecule has 0 radical (unpaired) electrons. The van der Waals surface area contributed by atoms with Crippen LogP contribution in [-0.2, 0) is 16.6 Å². The van der Waals surface area contributed by atoms with E-state index in [9.17, 15) is 12.8 Å². The predicted octanol–water partition coefficient (Wildman–Crippen LogP) is 0.952. The van der Waals surface area contributed by atoms with E-state index in [0.29, 0.717) is 5.82 Å². The Balaban J connectivity index is 2.31. The minimum atomic E-state index is -3.92. The van der Waals surface area contributed by atoms with Crippen LogP contribution in [0.4, 0.5) is 10.1 Å². The van der Waals surface area contributed by atoms with E-state index in [4.69, 9.17) is 5.73 Å². The van der Waals surface area contributed by atoms with E-state index in [0.717, 1.165) is 16.4 Å². The van der Waals surface area contributed by atoms with E-state index >= 15 is 0 Å². The largest absolute Gasteiger partial charge is 0.399 e. The summed E-state index contributed by atoms with van der Waals surface area (Å²) >= 11 is 0. The Hall–Kier alpha value is -1.93. The van der Waals surface area contributed by atoms with Crippen LogP contribution in [0, 0.1) is 5.82 Å². The minimum absolute atomic E-state index is 0.0269. The number of hydrogen-bond acceptors (Lipinski definition) is 4. The first kappa shape index (κ1) is 13.5. The van der Waals surface area contributed by atoms with E-state index in [2.05, 4.69) is 9.97 Å². The highest BCUT2D eigenvalue weighted by atomic mass is 32.2. The molecule has 0 fully saturated rings. The standard InChI is InChI=1S/C11H13FN4O2S/c1-16(7-11-14-4-5-15-11)19(17,18)10-3-2-8(13)6-9(10)12/h2-6H,7,13H2,1H3,(H,14,15). The first-order valence-corrected chi connectivity index (χ1v) is 6.85. The first-order valence-electron chi connectivity index (χ1n) is 5.41. The second kappa shape index (κ2) is 4.98. The fraction of sp³-hybridized carbons (Fsp3) is 0.182. The van der Waals surface area contributed by atoms with Gasteiger partial charge in [0.25, 0.3) is 0 Å². The number of nitrogens with zero attached hydrogens (tertiary/aromatic N) is 2. The van der Waals surface area contributed by atoms with Crippen LogP contribution < -0.4 is 5.73 Å². The van der Waals surface area contributed by atoms with Crippen molar-refractivity contribution in [3.8, 4) is 0 Å². The zero-order valence-electron chi connectivity index (χ0n) is 10.2. The zero-order chi connectivity index (χ0) is 14.0. The quantitative estimate of drug-likeness (QED) is 0.818. The third kappa shape index (κ3) is 2.74. The van der Waals surface area contributed by atoms with Gasteiger partial charge < -0.3 is 10.7 Å². The Morgan fingerprint density at radius 3 is 2.79 bits per heavy atom. The number of benzene rings is 1. The van der Waals surface area contributed by atoms with E-state index in [1.165, 1.54) is 19.3 Å². The number of anilines is 1. The predicted molar refractivity (Wildman–Crippen MR) is 68.1 cm³/mol. The van der Waals surface area contributed by atoms with Gasteiger partial charge in [0.2, 0.25) is 10.0 Å². The molecule has 0 aliphatic rings. The molecule has 6 nitrogen and oxygen atoms in total. The number of nitrogens with two attached hydrogens (primary N) is 1. The molecule has 8 heteroatoms. The Bertz CT molecular complexity index is 670. The van der Waals surface area contributed by atoms with Crippen LogP contribution in [0.1, 0.15) is 5.82 Å². The molecular formula is C11H13FN4O2S. The van der Waals surface area contributed by atoms with Crippen molar-refractivity contribution in [3.05, 3.63) is 42.2 Å². The maximum absolute atomic E-state index is 13.7. The molecular weight excluding hydrogens is 271 g/mol. The van der Waals surface area contributed by atoms with Gasteiger partial charge >= 0.3 is 0 Å². The normalized spacial score (nSPS) is 11.9. The summed E-state index contributed by atoms with van der Waals surface area (Å²) in [6, 6.07) is 3.48. The van der Waals surface area contributed by atoms with Gasteiger partial charge in [-0.3, -0.25) is 0 Å². The molecule has 102 valence electrons. The zero-order valence-corrected chi connectivity index (χ0v) is 11.0. The molecule has 0 saturated heterocycles. The number of nitrogen functional groups attached to an aromatic ring is 1. The Labute approximate surface area is 110 Å². The maximum Gasteiger partial charge on any atom is 0.246 e. The van der Waals surface area contributed by atoms with Crippen LogP contribution in [-0.4, -0.2) is 29.7 Å². The number of sulfonamides is 1. The Kier molecular flexibility index (Phi) is 3.54. The highest BCUT2D eigenvalue weighted by Gasteiger charge is 2.25. The van der Waals surface area contributed by atoms with Gasteiger partial charge in [-0.15, -0.1) is 0 Å². The number of aromatic amines is 1. The Morgan fingerprint density at radius 1 is 1.47 bits per heavy atom. The fourth-order valence-corrected chi connectivity index (χ4v) is 2.75. The average Bonchev–Trinajstić information content (AvgIpc) is 2.81. The number of aromatic nitrogens is 2. The molecule has 0 aliphatic carbocycles. The maximum atomic E-state index is 13.7. The smallest absolute Gasteiger partial charge is 0.246 e. The summed E-state index contributed by atoms with van der Waals surface area (Å²) in [7, 11) is -2.56. The summed E-state index contributed by atoms with van der Waals surface area (Å²) < 4.78 is 39.1. The van der Waals surface area contributed by atoms with Gasteiger partial charge in [-0.05, 0) is 18.2 Å². The molecule has 0 spiro atoms. The van der Waals surface area contributed by atoms with Crippen LogP contribution >= 0.6 is 0 Å². The number of H-pyrrole nitrogens is 1.